The number of piperidine rings is 1. The molecule has 1 saturated heterocycles. The maximum absolute atomic E-state index is 15.2. The number of aromatic nitrogens is 1. The zero-order valence-electron chi connectivity index (χ0n) is 46.7. The molecule has 83 heavy (non-hydrogen) atoms. The van der Waals surface area contributed by atoms with Crippen molar-refractivity contribution in [3.63, 3.8) is 0 Å². The number of nitrogens with two attached hydrogens (primary N) is 2. The number of alkyl halides is 3. The lowest BCUT2D eigenvalue weighted by atomic mass is 9.82. The number of benzene rings is 2. The third kappa shape index (κ3) is 20.7. The number of hydrogen-bond donors (Lipinski definition) is 7. The second kappa shape index (κ2) is 30.8. The fraction of sp³-hybridized carbons (Fsp3) is 0.500. The van der Waals surface area contributed by atoms with Crippen LogP contribution < -0.4 is 27.4 Å². The maximum Gasteiger partial charge on any atom is 0.490 e. The van der Waals surface area contributed by atoms with Crippen molar-refractivity contribution in [2.45, 2.75) is 117 Å². The van der Waals surface area contributed by atoms with E-state index >= 15 is 4.39 Å². The predicted octanol–water partition coefficient (Wildman–Crippen LogP) is 3.87. The Morgan fingerprint density at radius 3 is 2.07 bits per heavy atom. The summed E-state index contributed by atoms with van der Waals surface area (Å²) in [5.74, 6) is -10.0. The molecule has 454 valence electrons. The zero-order chi connectivity index (χ0) is 61.9. The molecule has 3 heterocycles. The highest BCUT2D eigenvalue weighted by atomic mass is 19.4. The number of aliphatic hydroxyl groups is 1. The number of primary amides is 1. The van der Waals surface area contributed by atoms with Crippen LogP contribution >= 0.6 is 0 Å². The van der Waals surface area contributed by atoms with Crippen LogP contribution in [0.3, 0.4) is 0 Å². The Morgan fingerprint density at radius 1 is 0.880 bits per heavy atom. The van der Waals surface area contributed by atoms with Crippen molar-refractivity contribution in [3.05, 3.63) is 95.8 Å². The van der Waals surface area contributed by atoms with E-state index in [9.17, 15) is 65.8 Å². The molecule has 0 aliphatic carbocycles. The highest BCUT2D eigenvalue weighted by Gasteiger charge is 2.40. The minimum atomic E-state index is -5.08. The maximum atomic E-state index is 15.2. The highest BCUT2D eigenvalue weighted by molar-refractivity contribution is 6.14. The molecule has 4 atom stereocenters. The first-order chi connectivity index (χ1) is 38.9. The number of carboxylic acid groups (broad SMARTS) is 1. The van der Waals surface area contributed by atoms with Crippen LogP contribution in [0.5, 0.6) is 0 Å². The molecule has 0 spiro atoms. The Hall–Kier alpha value is -8.07. The van der Waals surface area contributed by atoms with Crippen LogP contribution in [-0.2, 0) is 54.4 Å². The Balaban J connectivity index is 0.00000198. The van der Waals surface area contributed by atoms with Crippen LogP contribution in [0.2, 0.25) is 0 Å². The van der Waals surface area contributed by atoms with Gasteiger partial charge in [0.05, 0.1) is 24.0 Å². The fourth-order valence-corrected chi connectivity index (χ4v) is 9.34. The molecular weight excluding hydrogens is 1100 g/mol. The summed E-state index contributed by atoms with van der Waals surface area (Å²) in [6.07, 6.45) is -1.53. The number of halogens is 5. The quantitative estimate of drug-likeness (QED) is 0.0260. The van der Waals surface area contributed by atoms with Gasteiger partial charge in [0.1, 0.15) is 30.9 Å². The Kier molecular flexibility index (Phi) is 25.1. The SMILES string of the molecule is CC(C)[C@H](NC(=O)CCNC(=O)[C@@H](N)CCN(C(=O)CO)[C@@H](c1cc(-c2cc(F)ccc2F)cn1Cc1ccccc1)C(C)(C)C)C(=O)C[C@@H](CCCNC(N)=O)C(=O)OC1CCN(C(=O)CN2C(=O)C=CC2=O)CC1.O=C(O)C(F)(F)F. The number of hydrogen-bond acceptors (Lipinski definition) is 13. The number of nitrogens with one attached hydrogen (secondary N) is 3. The van der Waals surface area contributed by atoms with Crippen LogP contribution in [-0.4, -0.2) is 159 Å². The molecule has 0 radical (unpaired) electrons. The first-order valence-electron chi connectivity index (χ1n) is 26.7. The number of carbonyl (C=O) groups is 10. The standard InChI is InChI=1S/C54H71F2N9O11.C2HF3O2/c1-33(2)49(43(67)27-35(12-9-21-60-53(58)75)52(74)76-38-18-23-62(24-19-38)47(71)31-65-45(69)15-16-46(65)70)61-44(68)17-22-59-51(73)41(57)20-25-64(48(72)32-66)50(54(3,4)5)42-26-36(39-28-37(55)13-14-40(39)56)30-63(42)29-34-10-7-6-8-11-34;3-2(4,5)1(6)7/h6-8,10-11,13-16,26,28,30,33,35,38,41,49-50,66H,9,12,17-25,27,29,31-32,57H2,1-5H3,(H,59,73)(H,61,68)(H3,58,60,75);(H,6,7)/t35-,41+,49+,50+;/m1./s1. The number of nitrogens with zero attached hydrogens (tertiary/aromatic N) is 4. The monoisotopic (exact) mass is 1170 g/mol. The number of carbonyl (C=O) groups excluding carboxylic acids is 9. The summed E-state index contributed by atoms with van der Waals surface area (Å²) in [5, 5.41) is 25.2. The molecule has 0 saturated carbocycles. The predicted molar refractivity (Wildman–Crippen MR) is 288 cm³/mol. The van der Waals surface area contributed by atoms with Crippen molar-refractivity contribution >= 4 is 59.2 Å². The summed E-state index contributed by atoms with van der Waals surface area (Å²) in [5.41, 5.74) is 12.7. The largest absolute Gasteiger partial charge is 0.490 e. The average molecular weight is 1170 g/mol. The number of urea groups is 1. The van der Waals surface area contributed by atoms with Gasteiger partial charge >= 0.3 is 24.1 Å². The average Bonchev–Trinajstić information content (AvgIpc) is 2.36. The molecule has 27 heteroatoms. The van der Waals surface area contributed by atoms with Crippen LogP contribution in [0.4, 0.5) is 26.7 Å². The number of esters is 1. The van der Waals surface area contributed by atoms with E-state index in [-0.39, 0.29) is 83.2 Å². The van der Waals surface area contributed by atoms with Crippen LogP contribution in [0.25, 0.3) is 11.1 Å². The van der Waals surface area contributed by atoms with Gasteiger partial charge in [0.15, 0.2) is 5.78 Å². The van der Waals surface area contributed by atoms with Gasteiger partial charge < -0.3 is 56.7 Å². The number of carboxylic acids is 1. The minimum absolute atomic E-state index is 0.0188. The molecular formula is C56H72F5N9O13. The van der Waals surface area contributed by atoms with Crippen molar-refractivity contribution < 1.29 is 84.8 Å². The van der Waals surface area contributed by atoms with Crippen LogP contribution in [0.15, 0.2) is 72.9 Å². The summed E-state index contributed by atoms with van der Waals surface area (Å²) in [4.78, 5) is 128. The van der Waals surface area contributed by atoms with E-state index in [1.54, 1.807) is 26.1 Å². The summed E-state index contributed by atoms with van der Waals surface area (Å²) >= 11 is 0. The van der Waals surface area contributed by atoms with E-state index in [0.29, 0.717) is 17.8 Å². The van der Waals surface area contributed by atoms with E-state index in [4.69, 9.17) is 26.1 Å². The van der Waals surface area contributed by atoms with Crippen molar-refractivity contribution in [1.29, 1.82) is 0 Å². The lowest BCUT2D eigenvalue weighted by Gasteiger charge is -2.41. The van der Waals surface area contributed by atoms with Gasteiger partial charge in [-0.3, -0.25) is 43.3 Å². The zero-order valence-corrected chi connectivity index (χ0v) is 46.7. The number of amides is 8. The molecule has 0 bridgehead atoms. The van der Waals surface area contributed by atoms with Gasteiger partial charge in [-0.2, -0.15) is 13.2 Å². The van der Waals surface area contributed by atoms with Crippen molar-refractivity contribution in [2.75, 3.05) is 45.9 Å². The number of ether oxygens (including phenoxy) is 1. The van der Waals surface area contributed by atoms with Crippen molar-refractivity contribution in [3.8, 4) is 11.1 Å². The summed E-state index contributed by atoms with van der Waals surface area (Å²) in [7, 11) is 0. The topological polar surface area (TPSA) is 323 Å². The lowest BCUT2D eigenvalue weighted by molar-refractivity contribution is -0.192. The number of Topliss-reactive ketones (excluding diaryl/α,β-unsaturated/α-hetero) is 1. The van der Waals surface area contributed by atoms with E-state index in [1.807, 2.05) is 55.7 Å². The minimum Gasteiger partial charge on any atom is -0.475 e. The van der Waals surface area contributed by atoms with Gasteiger partial charge in [-0.05, 0) is 60.4 Å². The van der Waals surface area contributed by atoms with Gasteiger partial charge in [0.25, 0.3) is 11.8 Å². The lowest BCUT2D eigenvalue weighted by Crippen LogP contribution is -2.48. The third-order valence-corrected chi connectivity index (χ3v) is 13.6. The molecule has 9 N–H and O–H groups in total. The number of likely N-dealkylation sites (tertiary alicyclic amines) is 1. The first-order valence-corrected chi connectivity index (χ1v) is 26.7. The normalized spacial score (nSPS) is 15.1. The van der Waals surface area contributed by atoms with Gasteiger partial charge in [-0.25, -0.2) is 18.4 Å². The highest BCUT2D eigenvalue weighted by Crippen LogP contribution is 2.41. The van der Waals surface area contributed by atoms with E-state index in [1.165, 1.54) is 9.80 Å². The van der Waals surface area contributed by atoms with Crippen molar-refractivity contribution in [2.24, 2.45) is 28.7 Å². The molecule has 5 rings (SSSR count). The Morgan fingerprint density at radius 2 is 1.51 bits per heavy atom. The second-order valence-corrected chi connectivity index (χ2v) is 21.3. The van der Waals surface area contributed by atoms with E-state index in [0.717, 1.165) is 40.8 Å². The molecule has 22 nitrogen and oxygen atoms in total. The third-order valence-electron chi connectivity index (χ3n) is 13.6. The second-order valence-electron chi connectivity index (χ2n) is 21.3. The van der Waals surface area contributed by atoms with E-state index in [2.05, 4.69) is 16.0 Å². The molecule has 2 aliphatic heterocycles. The molecule has 1 fully saturated rings. The molecule has 2 aromatic carbocycles. The molecule has 1 aromatic heterocycles. The molecule has 8 amide bonds. The molecule has 0 unspecified atom stereocenters. The van der Waals surface area contributed by atoms with Gasteiger partial charge in [-0.1, -0.05) is 65.0 Å². The first kappa shape index (κ1) is 67.4. The van der Waals surface area contributed by atoms with E-state index < -0.39 is 132 Å². The number of ketones is 1. The molecule has 3 aromatic rings. The Labute approximate surface area is 476 Å². The van der Waals surface area contributed by atoms with Gasteiger partial charge in [0.2, 0.25) is 23.6 Å². The van der Waals surface area contributed by atoms with Crippen molar-refractivity contribution in [1.82, 2.24) is 35.2 Å². The van der Waals surface area contributed by atoms with Gasteiger partial charge in [-0.15, -0.1) is 0 Å². The smallest absolute Gasteiger partial charge is 0.475 e. The van der Waals surface area contributed by atoms with Gasteiger partial charge in [0, 0.05) is 100 Å². The van der Waals surface area contributed by atoms with Crippen LogP contribution in [0.1, 0.15) is 96.9 Å². The summed E-state index contributed by atoms with van der Waals surface area (Å²) in [6, 6.07) is 10.5. The summed E-state index contributed by atoms with van der Waals surface area (Å²) < 4.78 is 69.0. The number of aliphatic hydroxyl groups excluding tert-OH is 1. The summed E-state index contributed by atoms with van der Waals surface area (Å²) in [6.45, 7) is 8.35. The number of aliphatic carboxylic acids is 1. The Bertz CT molecular complexity index is 2810. The number of imide groups is 1. The van der Waals surface area contributed by atoms with Crippen LogP contribution in [0, 0.1) is 28.9 Å². The fourth-order valence-electron chi connectivity index (χ4n) is 9.34. The molecule has 2 aliphatic rings. The number of rotatable bonds is 26.